The number of allylic oxidation sites excluding steroid dienone is 2. The lowest BCUT2D eigenvalue weighted by atomic mass is 9.87. The van der Waals surface area contributed by atoms with Gasteiger partial charge in [-0.25, -0.2) is 4.99 Å². The van der Waals surface area contributed by atoms with Crippen molar-refractivity contribution in [2.24, 2.45) is 0 Å². The number of para-hydroxylation sites is 3. The van der Waals surface area contributed by atoms with Crippen LogP contribution in [0, 0.1) is 0 Å². The quantitative estimate of drug-likeness (QED) is 0.386. The SMILES string of the molecule is C1=[NH+]c2ccccc2/C1=C/CC(c1c[nH]c2ccccc12)c1c[nH]c2ccccc12. The van der Waals surface area contributed by atoms with E-state index in [4.69, 9.17) is 0 Å². The van der Waals surface area contributed by atoms with Crippen molar-refractivity contribution in [3.63, 3.8) is 0 Å². The van der Waals surface area contributed by atoms with Crippen LogP contribution in [0.1, 0.15) is 29.0 Å². The molecule has 2 aromatic heterocycles. The second kappa shape index (κ2) is 6.89. The Balaban J connectivity index is 1.48. The Morgan fingerprint density at radius 2 is 1.33 bits per heavy atom. The number of rotatable bonds is 4. The first-order valence-electron chi connectivity index (χ1n) is 10.4. The fourth-order valence-corrected chi connectivity index (χ4v) is 4.69. The van der Waals surface area contributed by atoms with E-state index in [0.717, 1.165) is 6.42 Å². The van der Waals surface area contributed by atoms with Gasteiger partial charge in [0.25, 0.3) is 0 Å². The van der Waals surface area contributed by atoms with E-state index in [2.05, 4.69) is 112 Å². The van der Waals surface area contributed by atoms with Gasteiger partial charge < -0.3 is 9.97 Å². The summed E-state index contributed by atoms with van der Waals surface area (Å²) in [6.07, 6.45) is 9.77. The summed E-state index contributed by atoms with van der Waals surface area (Å²) in [7, 11) is 0. The fraction of sp³-hybridized carbons (Fsp3) is 0.0741. The highest BCUT2D eigenvalue weighted by molar-refractivity contribution is 6.11. The molecule has 0 unspecified atom stereocenters. The molecule has 3 heteroatoms. The third kappa shape index (κ3) is 2.71. The molecule has 0 saturated heterocycles. The molecule has 0 atom stereocenters. The van der Waals surface area contributed by atoms with E-state index in [1.54, 1.807) is 0 Å². The Morgan fingerprint density at radius 3 is 2.03 bits per heavy atom. The third-order valence-electron chi connectivity index (χ3n) is 6.19. The minimum absolute atomic E-state index is 0.256. The van der Waals surface area contributed by atoms with Gasteiger partial charge in [-0.1, -0.05) is 54.6 Å². The number of benzene rings is 3. The second-order valence-corrected chi connectivity index (χ2v) is 7.86. The highest BCUT2D eigenvalue weighted by atomic mass is 14.8. The van der Waals surface area contributed by atoms with Gasteiger partial charge in [-0.2, -0.15) is 0 Å². The molecule has 0 saturated carbocycles. The molecule has 3 N–H and O–H groups in total. The molecule has 0 amide bonds. The molecule has 3 nitrogen and oxygen atoms in total. The molecular weight excluding hydrogens is 366 g/mol. The van der Waals surface area contributed by atoms with E-state index in [9.17, 15) is 0 Å². The summed E-state index contributed by atoms with van der Waals surface area (Å²) in [6, 6.07) is 25.6. The number of aromatic nitrogens is 2. The maximum atomic E-state index is 3.47. The number of nitrogens with one attached hydrogen (secondary N) is 3. The summed E-state index contributed by atoms with van der Waals surface area (Å²) in [5.41, 5.74) is 8.76. The summed E-state index contributed by atoms with van der Waals surface area (Å²) in [4.78, 5) is 10.3. The molecular formula is C27H22N3+. The average molecular weight is 388 g/mol. The molecule has 30 heavy (non-hydrogen) atoms. The Morgan fingerprint density at radius 1 is 0.733 bits per heavy atom. The summed E-state index contributed by atoms with van der Waals surface area (Å²) < 4.78 is 0. The van der Waals surface area contributed by atoms with Crippen molar-refractivity contribution in [1.29, 1.82) is 0 Å². The van der Waals surface area contributed by atoms with Crippen molar-refractivity contribution in [2.45, 2.75) is 12.3 Å². The topological polar surface area (TPSA) is 45.5 Å². The molecule has 0 aliphatic carbocycles. The first-order chi connectivity index (χ1) is 14.9. The van der Waals surface area contributed by atoms with Crippen LogP contribution in [0.3, 0.4) is 0 Å². The van der Waals surface area contributed by atoms with Crippen molar-refractivity contribution in [3.05, 3.63) is 108 Å². The summed E-state index contributed by atoms with van der Waals surface area (Å²) in [5, 5.41) is 2.58. The normalized spacial score (nSPS) is 14.4. The van der Waals surface area contributed by atoms with Gasteiger partial charge >= 0.3 is 0 Å². The van der Waals surface area contributed by atoms with Crippen molar-refractivity contribution < 1.29 is 4.99 Å². The van der Waals surface area contributed by atoms with Crippen LogP contribution < -0.4 is 4.99 Å². The van der Waals surface area contributed by atoms with Crippen LogP contribution in [-0.2, 0) is 0 Å². The fourth-order valence-electron chi connectivity index (χ4n) is 4.69. The van der Waals surface area contributed by atoms with E-state index in [-0.39, 0.29) is 5.92 Å². The first-order valence-corrected chi connectivity index (χ1v) is 10.4. The predicted octanol–water partition coefficient (Wildman–Crippen LogP) is 5.05. The lowest BCUT2D eigenvalue weighted by Gasteiger charge is -2.15. The zero-order valence-electron chi connectivity index (χ0n) is 16.5. The van der Waals surface area contributed by atoms with Crippen molar-refractivity contribution in [2.75, 3.05) is 0 Å². The Kier molecular flexibility index (Phi) is 3.91. The molecule has 6 rings (SSSR count). The van der Waals surface area contributed by atoms with Gasteiger partial charge in [0, 0.05) is 51.8 Å². The Labute approximate surface area is 174 Å². The molecule has 1 aliphatic rings. The second-order valence-electron chi connectivity index (χ2n) is 7.86. The summed E-state index contributed by atoms with van der Waals surface area (Å²) >= 11 is 0. The van der Waals surface area contributed by atoms with Crippen LogP contribution >= 0.6 is 0 Å². The number of hydrogen-bond acceptors (Lipinski definition) is 0. The highest BCUT2D eigenvalue weighted by Crippen LogP contribution is 2.38. The van der Waals surface area contributed by atoms with Gasteiger partial charge in [0.1, 0.15) is 0 Å². The van der Waals surface area contributed by atoms with E-state index in [1.807, 2.05) is 0 Å². The van der Waals surface area contributed by atoms with E-state index < -0.39 is 0 Å². The number of H-pyrrole nitrogens is 2. The van der Waals surface area contributed by atoms with Gasteiger partial charge in [-0.15, -0.1) is 0 Å². The third-order valence-corrected chi connectivity index (χ3v) is 6.19. The zero-order valence-corrected chi connectivity index (χ0v) is 16.5. The maximum Gasteiger partial charge on any atom is 0.211 e. The molecule has 0 radical (unpaired) electrons. The van der Waals surface area contributed by atoms with E-state index >= 15 is 0 Å². The largest absolute Gasteiger partial charge is 0.361 e. The number of aromatic amines is 2. The van der Waals surface area contributed by atoms with Gasteiger partial charge in [0.05, 0.1) is 5.56 Å². The average Bonchev–Trinajstić information content (AvgIpc) is 3.52. The molecule has 3 heterocycles. The molecule has 1 aliphatic heterocycles. The van der Waals surface area contributed by atoms with Crippen LogP contribution in [0.5, 0.6) is 0 Å². The highest BCUT2D eigenvalue weighted by Gasteiger charge is 2.22. The summed E-state index contributed by atoms with van der Waals surface area (Å²) in [5.74, 6) is 0.256. The van der Waals surface area contributed by atoms with Crippen LogP contribution in [0.15, 0.2) is 91.3 Å². The van der Waals surface area contributed by atoms with Gasteiger partial charge in [0.2, 0.25) is 5.69 Å². The van der Waals surface area contributed by atoms with Crippen LogP contribution in [0.25, 0.3) is 27.4 Å². The van der Waals surface area contributed by atoms with Crippen LogP contribution in [-0.4, -0.2) is 16.2 Å². The van der Waals surface area contributed by atoms with Gasteiger partial charge in [-0.05, 0) is 35.7 Å². The lowest BCUT2D eigenvalue weighted by Crippen LogP contribution is -2.58. The maximum absolute atomic E-state index is 3.47. The molecule has 144 valence electrons. The van der Waals surface area contributed by atoms with Crippen LogP contribution in [0.4, 0.5) is 5.69 Å². The van der Waals surface area contributed by atoms with Gasteiger partial charge in [-0.3, -0.25) is 0 Å². The molecule has 0 bridgehead atoms. The first kappa shape index (κ1) is 17.0. The van der Waals surface area contributed by atoms with Gasteiger partial charge in [0.15, 0.2) is 6.21 Å². The minimum atomic E-state index is 0.256. The Hall–Kier alpha value is -3.85. The smallest absolute Gasteiger partial charge is 0.211 e. The van der Waals surface area contributed by atoms with Crippen molar-refractivity contribution in [3.8, 4) is 0 Å². The monoisotopic (exact) mass is 388 g/mol. The minimum Gasteiger partial charge on any atom is -0.361 e. The molecule has 3 aromatic carbocycles. The summed E-state index contributed by atoms with van der Waals surface area (Å²) in [6.45, 7) is 0. The van der Waals surface area contributed by atoms with E-state index in [0.29, 0.717) is 0 Å². The molecule has 0 spiro atoms. The van der Waals surface area contributed by atoms with E-state index in [1.165, 1.54) is 49.8 Å². The van der Waals surface area contributed by atoms with Crippen molar-refractivity contribution >= 4 is 39.3 Å². The standard InChI is InChI=1S/C27H21N3/c1-4-10-25-19(7-1)18(15-28-25)13-14-20(23-16-29-26-11-5-2-8-21(23)26)24-17-30-27-12-6-3-9-22(24)27/h1-13,15-17,20,29-30H,14H2/p+1/b18-13+. The lowest BCUT2D eigenvalue weighted by molar-refractivity contribution is -0.342. The van der Waals surface area contributed by atoms with Crippen LogP contribution in [0.2, 0.25) is 0 Å². The zero-order chi connectivity index (χ0) is 19.9. The Bertz CT molecular complexity index is 1360. The predicted molar refractivity (Wildman–Crippen MR) is 124 cm³/mol. The molecule has 0 fully saturated rings. The van der Waals surface area contributed by atoms with Crippen molar-refractivity contribution in [1.82, 2.24) is 9.97 Å². The number of hydrogen-bond donors (Lipinski definition) is 3. The number of fused-ring (bicyclic) bond motifs is 3. The molecule has 5 aromatic rings.